The fourth-order valence-corrected chi connectivity index (χ4v) is 2.16. The molecule has 0 saturated carbocycles. The molecule has 1 heterocycles. The predicted molar refractivity (Wildman–Crippen MR) is 64.8 cm³/mol. The SMILES string of the molecule is CC(CN1C(C)(C)C(=O)NC(=O)C1(C)C)C(=O)O. The summed E-state index contributed by atoms with van der Waals surface area (Å²) in [5.74, 6) is -2.39. The van der Waals surface area contributed by atoms with Crippen LogP contribution in [0.15, 0.2) is 0 Å². The number of hydrogen-bond acceptors (Lipinski definition) is 4. The van der Waals surface area contributed by atoms with Crippen LogP contribution < -0.4 is 5.32 Å². The smallest absolute Gasteiger partial charge is 0.307 e. The number of amides is 2. The zero-order valence-corrected chi connectivity index (χ0v) is 11.4. The number of piperazine rings is 1. The minimum atomic E-state index is -0.944. The van der Waals surface area contributed by atoms with Gasteiger partial charge in [0, 0.05) is 6.54 Å². The van der Waals surface area contributed by atoms with E-state index < -0.39 is 34.8 Å². The molecule has 2 N–H and O–H groups in total. The number of nitrogens with zero attached hydrogens (tertiary/aromatic N) is 1. The van der Waals surface area contributed by atoms with E-state index in [1.54, 1.807) is 39.5 Å². The first kappa shape index (κ1) is 14.6. The fraction of sp³-hybridized carbons (Fsp3) is 0.750. The molecule has 1 saturated heterocycles. The van der Waals surface area contributed by atoms with E-state index in [-0.39, 0.29) is 6.54 Å². The molecule has 0 radical (unpaired) electrons. The maximum atomic E-state index is 11.9. The van der Waals surface area contributed by atoms with Gasteiger partial charge in [0.05, 0.1) is 17.0 Å². The van der Waals surface area contributed by atoms with Crippen LogP contribution in [0.1, 0.15) is 34.6 Å². The lowest BCUT2D eigenvalue weighted by atomic mass is 9.86. The van der Waals surface area contributed by atoms with E-state index in [0.717, 1.165) is 0 Å². The number of carbonyl (C=O) groups excluding carboxylic acids is 2. The van der Waals surface area contributed by atoms with Gasteiger partial charge < -0.3 is 5.11 Å². The van der Waals surface area contributed by atoms with Gasteiger partial charge in [-0.15, -0.1) is 0 Å². The molecule has 0 aromatic rings. The van der Waals surface area contributed by atoms with Crippen LogP contribution in [0.2, 0.25) is 0 Å². The van der Waals surface area contributed by atoms with Crippen molar-refractivity contribution in [3.63, 3.8) is 0 Å². The molecule has 1 fully saturated rings. The monoisotopic (exact) mass is 256 g/mol. The van der Waals surface area contributed by atoms with Crippen LogP contribution >= 0.6 is 0 Å². The van der Waals surface area contributed by atoms with Crippen LogP contribution in [0.4, 0.5) is 0 Å². The molecular formula is C12H20N2O4. The minimum absolute atomic E-state index is 0.147. The number of rotatable bonds is 3. The Morgan fingerprint density at radius 2 is 1.61 bits per heavy atom. The van der Waals surface area contributed by atoms with Crippen molar-refractivity contribution in [2.45, 2.75) is 45.7 Å². The summed E-state index contributed by atoms with van der Waals surface area (Å²) in [4.78, 5) is 36.3. The standard InChI is InChI=1S/C12H20N2O4/c1-7(8(15)16)6-14-11(2,3)9(17)13-10(18)12(14,4)5/h7H,6H2,1-5H3,(H,15,16)(H,13,17,18). The van der Waals surface area contributed by atoms with Crippen LogP contribution in [0.5, 0.6) is 0 Å². The van der Waals surface area contributed by atoms with Crippen LogP contribution in [-0.2, 0) is 14.4 Å². The number of imide groups is 1. The highest BCUT2D eigenvalue weighted by molar-refractivity contribution is 6.06. The second kappa shape index (κ2) is 4.35. The van der Waals surface area contributed by atoms with Crippen molar-refractivity contribution in [3.05, 3.63) is 0 Å². The van der Waals surface area contributed by atoms with Crippen LogP contribution in [0, 0.1) is 5.92 Å². The van der Waals surface area contributed by atoms with Gasteiger partial charge in [0.25, 0.3) is 0 Å². The van der Waals surface area contributed by atoms with Crippen LogP contribution in [-0.4, -0.2) is 45.4 Å². The first-order chi connectivity index (χ1) is 8.01. The molecule has 1 aliphatic heterocycles. The Morgan fingerprint density at radius 1 is 1.22 bits per heavy atom. The summed E-state index contributed by atoms with van der Waals surface area (Å²) >= 11 is 0. The summed E-state index contributed by atoms with van der Waals surface area (Å²) in [6.45, 7) is 8.45. The van der Waals surface area contributed by atoms with Gasteiger partial charge >= 0.3 is 5.97 Å². The van der Waals surface area contributed by atoms with Gasteiger partial charge in [-0.1, -0.05) is 6.92 Å². The summed E-state index contributed by atoms with van der Waals surface area (Å²) < 4.78 is 0. The Hall–Kier alpha value is -1.43. The summed E-state index contributed by atoms with van der Waals surface area (Å²) in [7, 11) is 0. The van der Waals surface area contributed by atoms with E-state index in [2.05, 4.69) is 5.32 Å². The number of aliphatic carboxylic acids is 1. The third kappa shape index (κ3) is 2.25. The number of carboxylic acid groups (broad SMARTS) is 1. The molecule has 1 atom stereocenters. The van der Waals surface area contributed by atoms with E-state index in [9.17, 15) is 14.4 Å². The molecule has 6 heteroatoms. The van der Waals surface area contributed by atoms with Crippen LogP contribution in [0.25, 0.3) is 0 Å². The van der Waals surface area contributed by atoms with Gasteiger partial charge in [0.2, 0.25) is 11.8 Å². The normalized spacial score (nSPS) is 24.5. The predicted octanol–water partition coefficient (Wildman–Crippen LogP) is 0.223. The Labute approximate surface area is 106 Å². The lowest BCUT2D eigenvalue weighted by Gasteiger charge is -2.50. The van der Waals surface area contributed by atoms with Gasteiger partial charge in [-0.2, -0.15) is 0 Å². The lowest BCUT2D eigenvalue weighted by molar-refractivity contribution is -0.161. The van der Waals surface area contributed by atoms with E-state index in [1.807, 2.05) is 0 Å². The molecule has 18 heavy (non-hydrogen) atoms. The molecule has 1 aliphatic rings. The Bertz CT molecular complexity index is 375. The fourth-order valence-electron chi connectivity index (χ4n) is 2.16. The molecule has 0 aromatic carbocycles. The lowest BCUT2D eigenvalue weighted by Crippen LogP contribution is -2.73. The number of nitrogens with one attached hydrogen (secondary N) is 1. The highest BCUT2D eigenvalue weighted by atomic mass is 16.4. The van der Waals surface area contributed by atoms with Gasteiger partial charge in [-0.25, -0.2) is 0 Å². The summed E-state index contributed by atoms with van der Waals surface area (Å²) in [5.41, 5.74) is -1.83. The highest BCUT2D eigenvalue weighted by Crippen LogP contribution is 2.30. The molecular weight excluding hydrogens is 236 g/mol. The Kier molecular flexibility index (Phi) is 3.53. The first-order valence-electron chi connectivity index (χ1n) is 5.87. The van der Waals surface area contributed by atoms with Crippen LogP contribution in [0.3, 0.4) is 0 Å². The number of carbonyl (C=O) groups is 3. The van der Waals surface area contributed by atoms with E-state index in [1.165, 1.54) is 0 Å². The summed E-state index contributed by atoms with van der Waals surface area (Å²) in [6, 6.07) is 0. The molecule has 0 aromatic heterocycles. The molecule has 1 unspecified atom stereocenters. The molecule has 1 rings (SSSR count). The maximum absolute atomic E-state index is 11.9. The second-order valence-corrected chi connectivity index (χ2v) is 5.75. The molecule has 0 aliphatic carbocycles. The largest absolute Gasteiger partial charge is 0.481 e. The third-order valence-corrected chi connectivity index (χ3v) is 3.57. The molecule has 0 bridgehead atoms. The molecule has 102 valence electrons. The van der Waals surface area contributed by atoms with Crippen molar-refractivity contribution in [1.29, 1.82) is 0 Å². The number of carboxylic acids is 1. The van der Waals surface area contributed by atoms with E-state index in [4.69, 9.17) is 5.11 Å². The maximum Gasteiger partial charge on any atom is 0.307 e. The van der Waals surface area contributed by atoms with Crippen molar-refractivity contribution >= 4 is 17.8 Å². The second-order valence-electron chi connectivity index (χ2n) is 5.75. The minimum Gasteiger partial charge on any atom is -0.481 e. The van der Waals surface area contributed by atoms with Crippen molar-refractivity contribution in [3.8, 4) is 0 Å². The van der Waals surface area contributed by atoms with E-state index in [0.29, 0.717) is 0 Å². The summed E-state index contributed by atoms with van der Waals surface area (Å²) in [6.07, 6.45) is 0. The van der Waals surface area contributed by atoms with E-state index >= 15 is 0 Å². The van der Waals surface area contributed by atoms with Crippen molar-refractivity contribution in [2.24, 2.45) is 5.92 Å². The average Bonchev–Trinajstić information content (AvgIpc) is 2.22. The van der Waals surface area contributed by atoms with Crippen molar-refractivity contribution in [2.75, 3.05) is 6.54 Å². The number of hydrogen-bond donors (Lipinski definition) is 2. The van der Waals surface area contributed by atoms with Crippen molar-refractivity contribution < 1.29 is 19.5 Å². The zero-order valence-electron chi connectivity index (χ0n) is 11.4. The molecule has 0 spiro atoms. The Morgan fingerprint density at radius 3 is 1.94 bits per heavy atom. The third-order valence-electron chi connectivity index (χ3n) is 3.57. The summed E-state index contributed by atoms with van der Waals surface area (Å²) in [5, 5.41) is 11.3. The van der Waals surface area contributed by atoms with Gasteiger partial charge in [0.1, 0.15) is 0 Å². The highest BCUT2D eigenvalue weighted by Gasteiger charge is 2.52. The van der Waals surface area contributed by atoms with Crippen molar-refractivity contribution in [1.82, 2.24) is 10.2 Å². The molecule has 2 amide bonds. The topological polar surface area (TPSA) is 86.7 Å². The first-order valence-corrected chi connectivity index (χ1v) is 5.87. The average molecular weight is 256 g/mol. The van der Waals surface area contributed by atoms with Gasteiger partial charge in [-0.3, -0.25) is 24.6 Å². The van der Waals surface area contributed by atoms with Gasteiger partial charge in [-0.05, 0) is 27.7 Å². The zero-order chi connectivity index (χ0) is 14.3. The quantitative estimate of drug-likeness (QED) is 0.705. The molecule has 6 nitrogen and oxygen atoms in total. The Balaban J connectivity index is 3.11. The van der Waals surface area contributed by atoms with Gasteiger partial charge in [0.15, 0.2) is 0 Å².